The van der Waals surface area contributed by atoms with Crippen LogP contribution >= 0.6 is 7.82 Å². The molecule has 0 rings (SSSR count). The number of phosphoric acid groups is 1. The zero-order valence-electron chi connectivity index (χ0n) is 24.5. The molecule has 0 aromatic rings. The van der Waals surface area contributed by atoms with Gasteiger partial charge in [-0.15, -0.1) is 0 Å². The summed E-state index contributed by atoms with van der Waals surface area (Å²) in [6.07, 6.45) is 8.45. The Labute approximate surface area is 305 Å². The van der Waals surface area contributed by atoms with E-state index in [0.29, 0.717) is 6.42 Å². The third-order valence-corrected chi connectivity index (χ3v) is 4.92. The molecule has 0 saturated carbocycles. The van der Waals surface area contributed by atoms with E-state index in [1.54, 1.807) is 6.92 Å². The van der Waals surface area contributed by atoms with E-state index in [1.807, 2.05) is 0 Å². The summed E-state index contributed by atoms with van der Waals surface area (Å²) in [5, 5.41) is 0. The molecular formula is C29H56NNa2O8P. The van der Waals surface area contributed by atoms with Crippen LogP contribution in [-0.4, -0.2) is 31.3 Å². The number of hydrogen-bond acceptors (Lipinski definition) is 9. The maximum atomic E-state index is 12.1. The number of carbonyl (C=O) groups excluding carboxylic acids is 2. The number of ether oxygens (including phenoxy) is 2. The molecule has 12 heteroatoms. The smallest absolute Gasteiger partial charge is 0.790 e. The normalized spacial score (nSPS) is 9.17. The molecule has 0 heterocycles. The van der Waals surface area contributed by atoms with E-state index in [1.165, 1.54) is 32.1 Å². The van der Waals surface area contributed by atoms with Crippen LogP contribution in [0.1, 0.15) is 93.7 Å². The average molecular weight is 624 g/mol. The first-order valence-corrected chi connectivity index (χ1v) is 13.7. The Morgan fingerprint density at radius 2 is 1.22 bits per heavy atom. The molecule has 0 aromatic heterocycles. The van der Waals surface area contributed by atoms with Crippen molar-refractivity contribution in [2.45, 2.75) is 84.2 Å². The van der Waals surface area contributed by atoms with E-state index in [9.17, 15) is 23.9 Å². The molecule has 0 aromatic carbocycles. The summed E-state index contributed by atoms with van der Waals surface area (Å²) in [5.41, 5.74) is 0. The van der Waals surface area contributed by atoms with Gasteiger partial charge in [0.15, 0.2) is 6.10 Å². The molecule has 9 nitrogen and oxygen atoms in total. The molecule has 0 aliphatic heterocycles. The maximum absolute atomic E-state index is 12.1. The monoisotopic (exact) mass is 623 g/mol. The quantitative estimate of drug-likeness (QED) is 0.0576. The van der Waals surface area contributed by atoms with Crippen LogP contribution in [0.5, 0.6) is 0 Å². The summed E-state index contributed by atoms with van der Waals surface area (Å²) in [7, 11) is -5.31. The van der Waals surface area contributed by atoms with Gasteiger partial charge in [-0.1, -0.05) is 64.2 Å². The summed E-state index contributed by atoms with van der Waals surface area (Å²) in [6, 6.07) is 0. The van der Waals surface area contributed by atoms with E-state index >= 15 is 0 Å². The fraction of sp³-hybridized carbons (Fsp3) is 0.517. The van der Waals surface area contributed by atoms with Crippen LogP contribution < -0.4 is 75.1 Å². The largest absolute Gasteiger partial charge is 1.00 e. The van der Waals surface area contributed by atoms with Gasteiger partial charge in [-0.2, -0.15) is 0 Å². The van der Waals surface area contributed by atoms with Gasteiger partial charge in [0, 0.05) is 28.0 Å². The second-order valence-electron chi connectivity index (χ2n) is 7.66. The van der Waals surface area contributed by atoms with Crippen LogP contribution in [0.4, 0.5) is 0 Å². The number of unbranched alkanes of at least 4 members (excludes halogenated alkanes) is 8. The fourth-order valence-corrected chi connectivity index (χ4v) is 3.06. The molecule has 0 bridgehead atoms. The third kappa shape index (κ3) is 36.3. The minimum Gasteiger partial charge on any atom is -0.790 e. The van der Waals surface area contributed by atoms with Gasteiger partial charge in [-0.3, -0.25) is 4.79 Å². The molecule has 0 amide bonds. The van der Waals surface area contributed by atoms with Crippen LogP contribution in [0.15, 0.2) is 0 Å². The predicted molar refractivity (Wildman–Crippen MR) is 167 cm³/mol. The Hall–Kier alpha value is -1.63. The van der Waals surface area contributed by atoms with E-state index in [0.717, 1.165) is 19.3 Å². The number of phosphoric ester groups is 1. The van der Waals surface area contributed by atoms with Crippen molar-refractivity contribution < 1.29 is 113 Å². The van der Waals surface area contributed by atoms with Crippen LogP contribution in [0.3, 0.4) is 0 Å². The summed E-state index contributed by atoms with van der Waals surface area (Å²) in [6.45, 7) is 2.49. The minimum atomic E-state index is -5.31. The van der Waals surface area contributed by atoms with Gasteiger partial charge in [0.2, 0.25) is 0 Å². The number of carbonyl (C=O) groups is 2. The fourth-order valence-electron chi connectivity index (χ4n) is 2.71. The van der Waals surface area contributed by atoms with Gasteiger partial charge < -0.3 is 34.5 Å². The molecule has 232 valence electrons. The van der Waals surface area contributed by atoms with Gasteiger partial charge in [0.05, 0.1) is 14.4 Å². The van der Waals surface area contributed by atoms with Crippen LogP contribution in [0, 0.1) is 71.0 Å². The van der Waals surface area contributed by atoms with Gasteiger partial charge in [-0.05, 0) is 72.5 Å². The van der Waals surface area contributed by atoms with Crippen molar-refractivity contribution >= 4 is 19.8 Å². The Morgan fingerprint density at radius 1 is 0.756 bits per heavy atom. The summed E-state index contributed by atoms with van der Waals surface area (Å²) >= 11 is 0. The second-order valence-corrected chi connectivity index (χ2v) is 8.81. The predicted octanol–water partition coefficient (Wildman–Crippen LogP) is -0.876. The molecule has 0 radical (unpaired) electrons. The van der Waals surface area contributed by atoms with Crippen molar-refractivity contribution in [3.8, 4) is 71.0 Å². The SMILES string of the molecule is CC#CC#CC#CC#CC#CC#CC(=O)OC[C@H](COP(=O)([O-])[O-])OC(=O)CCCCCCCCCCC.N.[HH].[HH].[HH].[HH].[HH].[HH].[HH].[HH].[HH].[HH].[HH].[Na+].[Na+]. The molecule has 41 heavy (non-hydrogen) atoms. The molecule has 0 unspecified atom stereocenters. The summed E-state index contributed by atoms with van der Waals surface area (Å²) < 4.78 is 24.9. The number of esters is 2. The summed E-state index contributed by atoms with van der Waals surface area (Å²) in [5.74, 6) is 27.0. The Morgan fingerprint density at radius 3 is 1.71 bits per heavy atom. The zero-order valence-corrected chi connectivity index (χ0v) is 29.4. The zero-order chi connectivity index (χ0) is 28.3. The van der Waals surface area contributed by atoms with Crippen molar-refractivity contribution in [3.63, 3.8) is 0 Å². The van der Waals surface area contributed by atoms with E-state index < -0.39 is 39.1 Å². The van der Waals surface area contributed by atoms with Gasteiger partial charge in [0.25, 0.3) is 0 Å². The molecular weight excluding hydrogens is 567 g/mol. The maximum Gasteiger partial charge on any atom is 1.00 e. The first-order chi connectivity index (χ1) is 18.3. The minimum absolute atomic E-state index is 0. The number of hydrogen-bond donors (Lipinski definition) is 1. The van der Waals surface area contributed by atoms with Crippen LogP contribution in [-0.2, 0) is 28.2 Å². The molecule has 3 N–H and O–H groups in total. The Bertz CT molecular complexity index is 1220. The van der Waals surface area contributed by atoms with E-state index in [2.05, 4.69) is 82.5 Å². The Balaban J connectivity index is -0.0000000752. The van der Waals surface area contributed by atoms with Gasteiger partial charge in [-0.25, -0.2) is 4.79 Å². The van der Waals surface area contributed by atoms with Crippen molar-refractivity contribution in [1.82, 2.24) is 6.15 Å². The molecule has 0 saturated heterocycles. The van der Waals surface area contributed by atoms with E-state index in [-0.39, 0.29) is 87.4 Å². The van der Waals surface area contributed by atoms with Crippen molar-refractivity contribution in [3.05, 3.63) is 0 Å². The number of rotatable bonds is 16. The average Bonchev–Trinajstić information content (AvgIpc) is 2.87. The molecule has 0 aliphatic carbocycles. The van der Waals surface area contributed by atoms with Crippen molar-refractivity contribution in [2.24, 2.45) is 0 Å². The van der Waals surface area contributed by atoms with Crippen molar-refractivity contribution in [1.29, 1.82) is 0 Å². The topological polar surface area (TPSA) is 160 Å². The molecule has 0 spiro atoms. The standard InChI is InChI=1S/C29H33O8P.H3N.2Na.11H2/c1-3-5-7-9-11-13-14-16-17-19-21-23-28(30)35-25-27(26-36-38(32,33)34)37-29(31)24-22-20-18-15-12-10-8-6-4-2;;;;;;;;;;;;;;/h27H,4,6,8,10,12,15,18,20,22,24-26H2,1-2H3,(H2,32,33,34);1H3;;;11*1H/q;;2*+1;;;;;;;;;;;/p-2/t27-;;;;;;;;;;;;;;/m1............../s1. The summed E-state index contributed by atoms with van der Waals surface area (Å²) in [4.78, 5) is 45.4. The first-order valence-electron chi connectivity index (χ1n) is 12.2. The first kappa shape index (κ1) is 46.3. The molecule has 0 fully saturated rings. The van der Waals surface area contributed by atoms with Gasteiger partial charge >= 0.3 is 71.1 Å². The van der Waals surface area contributed by atoms with Crippen LogP contribution in [0.2, 0.25) is 0 Å². The van der Waals surface area contributed by atoms with Crippen molar-refractivity contribution in [2.75, 3.05) is 13.2 Å². The van der Waals surface area contributed by atoms with Gasteiger partial charge in [0.1, 0.15) is 6.61 Å². The third-order valence-electron chi connectivity index (χ3n) is 4.45. The Kier molecular flexibility index (Phi) is 37.2. The van der Waals surface area contributed by atoms with E-state index in [4.69, 9.17) is 9.47 Å². The molecule has 1 atom stereocenters. The molecule has 0 aliphatic rings. The second kappa shape index (κ2) is 32.9. The van der Waals surface area contributed by atoms with Crippen LogP contribution in [0.25, 0.3) is 0 Å².